The first kappa shape index (κ1) is 37.1. The topological polar surface area (TPSA) is 114 Å². The second-order valence-electron chi connectivity index (χ2n) is 10.9. The minimum atomic E-state index is -5.13. The number of halogens is 9. The highest BCUT2D eigenvalue weighted by atomic mass is 19.4. The summed E-state index contributed by atoms with van der Waals surface area (Å²) in [7, 11) is 0. The van der Waals surface area contributed by atoms with Crippen molar-refractivity contribution in [2.24, 2.45) is 0 Å². The van der Waals surface area contributed by atoms with E-state index in [1.807, 2.05) is 0 Å². The van der Waals surface area contributed by atoms with E-state index in [9.17, 15) is 49.1 Å². The molecule has 1 amide bonds. The van der Waals surface area contributed by atoms with Gasteiger partial charge in [0.2, 0.25) is 5.95 Å². The highest BCUT2D eigenvalue weighted by molar-refractivity contribution is 5.90. The Balaban J connectivity index is 1.79. The minimum Gasteiger partial charge on any atom is -0.489 e. The number of rotatable bonds is 10. The van der Waals surface area contributed by atoms with Gasteiger partial charge in [0, 0.05) is 12.5 Å². The monoisotopic (exact) mass is 708 g/mol. The Morgan fingerprint density at radius 3 is 2.12 bits per heavy atom. The molecule has 2 atom stereocenters. The summed E-state index contributed by atoms with van der Waals surface area (Å²) >= 11 is 0. The highest BCUT2D eigenvalue weighted by Crippen LogP contribution is 2.43. The number of carbonyl (C=O) groups is 2. The molecule has 0 saturated heterocycles. The third-order valence-electron chi connectivity index (χ3n) is 7.52. The van der Waals surface area contributed by atoms with Gasteiger partial charge >= 0.3 is 30.6 Å². The minimum absolute atomic E-state index is 0.00272. The molecule has 0 saturated carbocycles. The molecule has 3 aromatic rings. The molecule has 0 bridgehead atoms. The van der Waals surface area contributed by atoms with Crippen LogP contribution < -0.4 is 15.0 Å². The van der Waals surface area contributed by atoms with Crippen LogP contribution in [0.4, 0.5) is 55.9 Å². The molecule has 49 heavy (non-hydrogen) atoms. The van der Waals surface area contributed by atoms with Crippen molar-refractivity contribution in [3.05, 3.63) is 76.1 Å². The van der Waals surface area contributed by atoms with Gasteiger partial charge in [-0.05, 0) is 67.3 Å². The number of benzene rings is 2. The van der Waals surface area contributed by atoms with E-state index in [0.717, 1.165) is 24.4 Å². The number of fused-ring (bicyclic) bond motifs is 1. The number of aliphatic carboxylic acids is 1. The lowest BCUT2D eigenvalue weighted by Crippen LogP contribution is -2.46. The van der Waals surface area contributed by atoms with Crippen LogP contribution in [0.3, 0.4) is 0 Å². The van der Waals surface area contributed by atoms with Crippen molar-refractivity contribution in [1.29, 1.82) is 0 Å². The van der Waals surface area contributed by atoms with Gasteiger partial charge in [-0.25, -0.2) is 14.8 Å². The number of carboxylic acid groups (broad SMARTS) is 1. The van der Waals surface area contributed by atoms with E-state index in [-0.39, 0.29) is 47.7 Å². The molecule has 2 aromatic carbocycles. The molecule has 0 spiro atoms. The molecule has 2 heterocycles. The quantitative estimate of drug-likeness (QED) is 0.203. The van der Waals surface area contributed by atoms with E-state index in [1.165, 1.54) is 4.90 Å². The SMILES string of the molecule is CCOC(=O)N1c2ccc(C(F)(F)F)cc2[C@@H](Nc2ncc(OCCC(=O)O)c(Cc3cc(C(F)(F)F)cc(C(F)(F)F)c3)n2)C[C@H]1CC. The zero-order chi connectivity index (χ0) is 36.3. The molecular formula is C31H29F9N4O5. The maximum Gasteiger partial charge on any atom is 0.416 e. The third kappa shape index (κ3) is 9.03. The number of amides is 1. The molecule has 1 aliphatic rings. The van der Waals surface area contributed by atoms with Crippen molar-refractivity contribution in [2.75, 3.05) is 23.4 Å². The van der Waals surface area contributed by atoms with Crippen molar-refractivity contribution < 1.29 is 63.7 Å². The van der Waals surface area contributed by atoms with Gasteiger partial charge in [0.25, 0.3) is 0 Å². The van der Waals surface area contributed by atoms with E-state index >= 15 is 0 Å². The van der Waals surface area contributed by atoms with Crippen LogP contribution in [0.25, 0.3) is 0 Å². The summed E-state index contributed by atoms with van der Waals surface area (Å²) < 4.78 is 133. The van der Waals surface area contributed by atoms with Crippen molar-refractivity contribution in [3.8, 4) is 5.75 Å². The molecule has 1 aromatic heterocycles. The van der Waals surface area contributed by atoms with Gasteiger partial charge in [0.15, 0.2) is 5.75 Å². The molecular weight excluding hydrogens is 679 g/mol. The highest BCUT2D eigenvalue weighted by Gasteiger charge is 2.40. The van der Waals surface area contributed by atoms with Crippen molar-refractivity contribution in [2.45, 2.75) is 70.1 Å². The normalized spacial score (nSPS) is 16.6. The number of anilines is 2. The number of alkyl halides is 9. The Kier molecular flexibility index (Phi) is 10.9. The first-order chi connectivity index (χ1) is 22.8. The summed E-state index contributed by atoms with van der Waals surface area (Å²) in [5.41, 5.74) is -4.75. The van der Waals surface area contributed by atoms with Crippen LogP contribution in [0, 0.1) is 0 Å². The largest absolute Gasteiger partial charge is 0.489 e. The lowest BCUT2D eigenvalue weighted by Gasteiger charge is -2.40. The van der Waals surface area contributed by atoms with Crippen molar-refractivity contribution in [1.82, 2.24) is 9.97 Å². The fraction of sp³-hybridized carbons (Fsp3) is 0.419. The molecule has 4 rings (SSSR count). The average Bonchev–Trinajstić information content (AvgIpc) is 3.00. The average molecular weight is 709 g/mol. The zero-order valence-electron chi connectivity index (χ0n) is 25.8. The van der Waals surface area contributed by atoms with Gasteiger partial charge in [0.1, 0.15) is 0 Å². The predicted molar refractivity (Wildman–Crippen MR) is 155 cm³/mol. The standard InChI is InChI=1S/C31H29F9N4O5/c1-3-20-14-22(21-13-17(29(32,33)34)5-6-24(21)44(20)28(47)48-4-2)42-27-41-15-25(49-8-7-26(45)46)23(43-27)11-16-9-18(30(35,36)37)12-19(10-16)31(38,39)40/h5-6,9-10,12-13,15,20,22H,3-4,7-8,11,14H2,1-2H3,(H,45,46)(H,41,42,43)/t20-,22+/m1/s1. The lowest BCUT2D eigenvalue weighted by atomic mass is 9.89. The number of nitrogens with one attached hydrogen (secondary N) is 1. The molecule has 18 heteroatoms. The smallest absolute Gasteiger partial charge is 0.416 e. The second-order valence-corrected chi connectivity index (χ2v) is 10.9. The Bertz CT molecular complexity index is 1650. The summed E-state index contributed by atoms with van der Waals surface area (Å²) in [6.45, 7) is 2.85. The van der Waals surface area contributed by atoms with Gasteiger partial charge in [-0.15, -0.1) is 0 Å². The number of carboxylic acids is 1. The molecule has 0 fully saturated rings. The molecule has 1 aliphatic heterocycles. The van der Waals surface area contributed by atoms with Gasteiger partial charge in [0.05, 0.1) is 59.9 Å². The zero-order valence-corrected chi connectivity index (χ0v) is 25.8. The van der Waals surface area contributed by atoms with E-state index < -0.39 is 84.4 Å². The number of aromatic nitrogens is 2. The molecule has 0 radical (unpaired) electrons. The maximum atomic E-state index is 13.7. The molecule has 0 unspecified atom stereocenters. The first-order valence-electron chi connectivity index (χ1n) is 14.7. The van der Waals surface area contributed by atoms with E-state index in [0.29, 0.717) is 18.6 Å². The third-order valence-corrected chi connectivity index (χ3v) is 7.52. The van der Waals surface area contributed by atoms with E-state index in [2.05, 4.69) is 15.3 Å². The van der Waals surface area contributed by atoms with Crippen LogP contribution in [0.2, 0.25) is 0 Å². The number of carbonyl (C=O) groups excluding carboxylic acids is 1. The predicted octanol–water partition coefficient (Wildman–Crippen LogP) is 8.28. The molecule has 2 N–H and O–H groups in total. The van der Waals surface area contributed by atoms with Crippen LogP contribution in [-0.2, 0) is 34.5 Å². The van der Waals surface area contributed by atoms with Crippen LogP contribution >= 0.6 is 0 Å². The van der Waals surface area contributed by atoms with Crippen LogP contribution in [0.1, 0.15) is 72.7 Å². The fourth-order valence-corrected chi connectivity index (χ4v) is 5.30. The van der Waals surface area contributed by atoms with Crippen LogP contribution in [0.15, 0.2) is 42.6 Å². The second kappa shape index (κ2) is 14.4. The maximum absolute atomic E-state index is 13.7. The van der Waals surface area contributed by atoms with Crippen LogP contribution in [-0.4, -0.2) is 46.4 Å². The Labute approximate surface area is 273 Å². The van der Waals surface area contributed by atoms with E-state index in [1.54, 1.807) is 13.8 Å². The van der Waals surface area contributed by atoms with Gasteiger partial charge in [-0.2, -0.15) is 39.5 Å². The fourth-order valence-electron chi connectivity index (χ4n) is 5.30. The van der Waals surface area contributed by atoms with Gasteiger partial charge in [-0.3, -0.25) is 9.69 Å². The molecule has 0 aliphatic carbocycles. The summed E-state index contributed by atoms with van der Waals surface area (Å²) in [6, 6.07) is 2.19. The first-order valence-corrected chi connectivity index (χ1v) is 14.7. The van der Waals surface area contributed by atoms with Gasteiger partial charge in [-0.1, -0.05) is 6.92 Å². The number of hydrogen-bond acceptors (Lipinski definition) is 7. The Morgan fingerprint density at radius 2 is 1.57 bits per heavy atom. The lowest BCUT2D eigenvalue weighted by molar-refractivity contribution is -0.143. The Hall–Kier alpha value is -4.77. The summed E-state index contributed by atoms with van der Waals surface area (Å²) in [6.07, 6.45) is -15.6. The van der Waals surface area contributed by atoms with Crippen molar-refractivity contribution in [3.63, 3.8) is 0 Å². The molecule has 266 valence electrons. The number of hydrogen-bond donors (Lipinski definition) is 2. The number of nitrogens with zero attached hydrogens (tertiary/aromatic N) is 3. The summed E-state index contributed by atoms with van der Waals surface area (Å²) in [4.78, 5) is 33.4. The van der Waals surface area contributed by atoms with Crippen molar-refractivity contribution >= 4 is 23.7 Å². The van der Waals surface area contributed by atoms with Crippen LogP contribution in [0.5, 0.6) is 5.75 Å². The summed E-state index contributed by atoms with van der Waals surface area (Å²) in [5.74, 6) is -1.79. The number of ether oxygens (including phenoxy) is 2. The van der Waals surface area contributed by atoms with E-state index in [4.69, 9.17) is 14.6 Å². The Morgan fingerprint density at radius 1 is 0.939 bits per heavy atom. The summed E-state index contributed by atoms with van der Waals surface area (Å²) in [5, 5.41) is 11.9. The molecule has 9 nitrogen and oxygen atoms in total. The van der Waals surface area contributed by atoms with Gasteiger partial charge < -0.3 is 19.9 Å².